The molecule has 0 atom stereocenters. The van der Waals surface area contributed by atoms with Crippen molar-refractivity contribution in [1.82, 2.24) is 0 Å². The van der Waals surface area contributed by atoms with Gasteiger partial charge in [-0.2, -0.15) is 0 Å². The van der Waals surface area contributed by atoms with Gasteiger partial charge in [0.05, 0.1) is 15.8 Å². The predicted molar refractivity (Wildman–Crippen MR) is 45.4 cm³/mol. The van der Waals surface area contributed by atoms with E-state index in [4.69, 9.17) is 0 Å². The molecule has 0 bridgehead atoms. The van der Waals surface area contributed by atoms with Crippen molar-refractivity contribution in [3.63, 3.8) is 0 Å². The molecule has 8 nitrogen and oxygen atoms in total. The van der Waals surface area contributed by atoms with E-state index in [1.165, 1.54) is 0 Å². The third kappa shape index (κ3) is 4.94. The molecule has 0 saturated carbocycles. The molecule has 0 aliphatic carbocycles. The Balaban J connectivity index is 0. The van der Waals surface area contributed by atoms with Crippen molar-refractivity contribution >= 4 is 21.8 Å². The maximum absolute atomic E-state index is 10.7. The molecule has 0 unspecified atom stereocenters. The van der Waals surface area contributed by atoms with Crippen LogP contribution in [-0.4, -0.2) is 23.9 Å². The van der Waals surface area contributed by atoms with Gasteiger partial charge in [-0.25, -0.2) is 8.42 Å². The molecule has 11 heteroatoms. The number of benzene rings is 1. The number of carboxylic acid groups (broad SMARTS) is 1. The average Bonchev–Trinajstić information content (AvgIpc) is 2.15. The van der Waals surface area contributed by atoms with E-state index in [1.807, 2.05) is 0 Å². The molecule has 0 aromatic heterocycles. The number of carbonyl (C=O) groups is 1. The van der Waals surface area contributed by atoms with E-state index in [0.29, 0.717) is 12.1 Å². The maximum Gasteiger partial charge on any atom is 1.00 e. The van der Waals surface area contributed by atoms with Crippen LogP contribution in [0.25, 0.3) is 0 Å². The van der Waals surface area contributed by atoms with Gasteiger partial charge in [0.2, 0.25) is 0 Å². The Morgan fingerprint density at radius 1 is 1.22 bits per heavy atom. The van der Waals surface area contributed by atoms with Crippen molar-refractivity contribution in [3.8, 4) is 0 Å². The normalized spacial score (nSPS) is 9.83. The zero-order chi connectivity index (χ0) is 12.5. The van der Waals surface area contributed by atoms with Gasteiger partial charge < -0.3 is 14.5 Å². The zero-order valence-corrected chi connectivity index (χ0v) is 14.3. The minimum atomic E-state index is -5.11. The number of non-ortho nitro benzene ring substituents is 1. The molecular formula is C7H3NNa2O7S. The molecule has 18 heavy (non-hydrogen) atoms. The number of hydrogen-bond acceptors (Lipinski definition) is 7. The summed E-state index contributed by atoms with van der Waals surface area (Å²) in [5, 5.41) is 20.8. The summed E-state index contributed by atoms with van der Waals surface area (Å²) in [5.74, 6) is -1.90. The summed E-state index contributed by atoms with van der Waals surface area (Å²) in [6.45, 7) is 0. The van der Waals surface area contributed by atoms with E-state index in [0.717, 1.165) is 6.07 Å². The second kappa shape index (κ2) is 7.56. The van der Waals surface area contributed by atoms with Crippen LogP contribution in [0, 0.1) is 10.1 Å². The monoisotopic (exact) mass is 291 g/mol. The van der Waals surface area contributed by atoms with Gasteiger partial charge in [-0.05, 0) is 6.07 Å². The van der Waals surface area contributed by atoms with Gasteiger partial charge in [0.1, 0.15) is 10.1 Å². The molecule has 1 rings (SSSR count). The molecule has 0 fully saturated rings. The molecule has 86 valence electrons. The molecule has 1 aromatic rings. The fourth-order valence-electron chi connectivity index (χ4n) is 1.00. The molecule has 0 spiro atoms. The van der Waals surface area contributed by atoms with Crippen LogP contribution in [0.4, 0.5) is 5.69 Å². The summed E-state index contributed by atoms with van der Waals surface area (Å²) < 4.78 is 32.0. The number of hydrogen-bond donors (Lipinski definition) is 0. The van der Waals surface area contributed by atoms with Crippen LogP contribution in [-0.2, 0) is 10.1 Å². The third-order valence-electron chi connectivity index (χ3n) is 1.67. The summed E-state index contributed by atoms with van der Waals surface area (Å²) >= 11 is 0. The van der Waals surface area contributed by atoms with Crippen LogP contribution in [0.15, 0.2) is 23.1 Å². The largest absolute Gasteiger partial charge is 1.00 e. The molecule has 0 saturated heterocycles. The number of nitro benzene ring substituents is 1. The summed E-state index contributed by atoms with van der Waals surface area (Å²) in [5.41, 5.74) is -1.60. The first kappa shape index (κ1) is 20.3. The number of rotatable bonds is 3. The molecule has 1 aromatic carbocycles. The standard InChI is InChI=1S/C7H5NO7S.2Na/c9-7(10)5-2-1-4(8(11)12)3-6(5)16(13,14)15;;/h1-3H,(H,9,10)(H,13,14,15);;/q;2*+1/p-2. The number of nitrogens with zero attached hydrogens (tertiary/aromatic N) is 1. The first-order valence-electron chi connectivity index (χ1n) is 3.69. The Morgan fingerprint density at radius 3 is 2.06 bits per heavy atom. The number of nitro groups is 1. The van der Waals surface area contributed by atoms with Crippen molar-refractivity contribution in [2.75, 3.05) is 0 Å². The molecule has 0 amide bonds. The van der Waals surface area contributed by atoms with Crippen LogP contribution in [0.3, 0.4) is 0 Å². The second-order valence-electron chi connectivity index (χ2n) is 2.68. The summed E-state index contributed by atoms with van der Waals surface area (Å²) in [7, 11) is -5.11. The molecule has 0 aliphatic rings. The first-order valence-corrected chi connectivity index (χ1v) is 5.10. The Morgan fingerprint density at radius 2 is 1.72 bits per heavy atom. The van der Waals surface area contributed by atoms with Crippen LogP contribution in [0.5, 0.6) is 0 Å². The van der Waals surface area contributed by atoms with Gasteiger partial charge >= 0.3 is 59.1 Å². The average molecular weight is 291 g/mol. The van der Waals surface area contributed by atoms with E-state index in [9.17, 15) is 33.0 Å². The van der Waals surface area contributed by atoms with E-state index in [-0.39, 0.29) is 59.1 Å². The minimum Gasteiger partial charge on any atom is -0.744 e. The van der Waals surface area contributed by atoms with Gasteiger partial charge in [-0.3, -0.25) is 10.1 Å². The van der Waals surface area contributed by atoms with Crippen molar-refractivity contribution in [2.45, 2.75) is 4.90 Å². The van der Waals surface area contributed by atoms with Crippen molar-refractivity contribution < 1.29 is 86.9 Å². The fourth-order valence-corrected chi connectivity index (χ4v) is 1.69. The molecule has 0 radical (unpaired) electrons. The third-order valence-corrected chi connectivity index (χ3v) is 2.54. The molecular weight excluding hydrogens is 288 g/mol. The van der Waals surface area contributed by atoms with Gasteiger partial charge in [0.25, 0.3) is 5.69 Å². The summed E-state index contributed by atoms with van der Waals surface area (Å²) in [6, 6.07) is 1.78. The van der Waals surface area contributed by atoms with Crippen LogP contribution in [0.1, 0.15) is 10.4 Å². The van der Waals surface area contributed by atoms with Gasteiger partial charge in [-0.1, -0.05) is 0 Å². The second-order valence-corrected chi connectivity index (χ2v) is 4.03. The molecule has 0 heterocycles. The summed E-state index contributed by atoms with van der Waals surface area (Å²) in [6.07, 6.45) is 0. The number of carbonyl (C=O) groups excluding carboxylic acids is 1. The maximum atomic E-state index is 10.7. The topological polar surface area (TPSA) is 140 Å². The number of carboxylic acids is 1. The van der Waals surface area contributed by atoms with E-state index in [1.54, 1.807) is 0 Å². The van der Waals surface area contributed by atoms with Crippen LogP contribution < -0.4 is 64.2 Å². The predicted octanol–water partition coefficient (Wildman–Crippen LogP) is -7.13. The fraction of sp³-hybridized carbons (Fsp3) is 0. The van der Waals surface area contributed by atoms with Crippen LogP contribution in [0.2, 0.25) is 0 Å². The van der Waals surface area contributed by atoms with Crippen LogP contribution >= 0.6 is 0 Å². The zero-order valence-electron chi connectivity index (χ0n) is 9.45. The van der Waals surface area contributed by atoms with E-state index >= 15 is 0 Å². The van der Waals surface area contributed by atoms with Gasteiger partial charge in [0, 0.05) is 17.7 Å². The Kier molecular flexibility index (Phi) is 8.53. The smallest absolute Gasteiger partial charge is 0.744 e. The molecule has 0 aliphatic heterocycles. The Bertz CT molecular complexity index is 571. The Hall–Kier alpha value is 0.000000000000000444. The van der Waals surface area contributed by atoms with Crippen molar-refractivity contribution in [1.29, 1.82) is 0 Å². The summed E-state index contributed by atoms with van der Waals surface area (Å²) in [4.78, 5) is 18.6. The van der Waals surface area contributed by atoms with Crippen molar-refractivity contribution in [3.05, 3.63) is 33.9 Å². The SMILES string of the molecule is O=C([O-])c1ccc([N+](=O)[O-])cc1S(=O)(=O)[O-].[Na+].[Na+]. The van der Waals surface area contributed by atoms with E-state index < -0.39 is 37.2 Å². The van der Waals surface area contributed by atoms with E-state index in [2.05, 4.69) is 0 Å². The van der Waals surface area contributed by atoms with Crippen molar-refractivity contribution in [2.24, 2.45) is 0 Å². The first-order chi connectivity index (χ1) is 7.23. The quantitative estimate of drug-likeness (QED) is 0.233. The minimum absolute atomic E-state index is 0. The van der Waals surface area contributed by atoms with Gasteiger partial charge in [-0.15, -0.1) is 0 Å². The Labute approximate surface area is 146 Å². The van der Waals surface area contributed by atoms with Gasteiger partial charge in [0.15, 0.2) is 0 Å². The number of aromatic carboxylic acids is 1. The molecule has 0 N–H and O–H groups in total.